The van der Waals surface area contributed by atoms with E-state index in [0.29, 0.717) is 31.4 Å². The van der Waals surface area contributed by atoms with Gasteiger partial charge in [0.1, 0.15) is 23.7 Å². The SMILES string of the molecule is CCN(CC)c1ccc(N2C/C=C\CCC(=O)N(C)[C@H](C)[C@@H](c3ccccc3)OC(=O)[C@@H]3[C@@H]4C=C[C@]5(O4)[C@H](C2=O)N(CCCCCO)C(=O)[C@@H]35)cc1. The molecule has 2 fully saturated rings. The molecule has 52 heavy (non-hydrogen) atoms. The minimum Gasteiger partial charge on any atom is -0.455 e. The van der Waals surface area contributed by atoms with Gasteiger partial charge in [0.05, 0.1) is 18.1 Å². The molecule has 4 aliphatic heterocycles. The number of likely N-dealkylation sites (N-methyl/N-ethyl adjacent to an activating group) is 1. The van der Waals surface area contributed by atoms with Gasteiger partial charge in [0.25, 0.3) is 5.91 Å². The number of esters is 1. The normalized spacial score (nSPS) is 29.8. The number of carbonyl (C=O) groups is 4. The Morgan fingerprint density at radius 2 is 1.65 bits per heavy atom. The van der Waals surface area contributed by atoms with E-state index in [-0.39, 0.29) is 43.8 Å². The summed E-state index contributed by atoms with van der Waals surface area (Å²) in [5, 5.41) is 9.44. The average Bonchev–Trinajstić information content (AvgIpc) is 3.81. The second-order valence-corrected chi connectivity index (χ2v) is 14.2. The number of anilines is 2. The van der Waals surface area contributed by atoms with Crippen LogP contribution in [0.5, 0.6) is 0 Å². The largest absolute Gasteiger partial charge is 0.455 e. The lowest BCUT2D eigenvalue weighted by Gasteiger charge is -2.36. The van der Waals surface area contributed by atoms with Gasteiger partial charge in [0.15, 0.2) is 0 Å². The lowest BCUT2D eigenvalue weighted by atomic mass is 9.74. The number of hydrogen-bond acceptors (Lipinski definition) is 8. The lowest BCUT2D eigenvalue weighted by molar-refractivity contribution is -0.164. The van der Waals surface area contributed by atoms with Crippen LogP contribution in [0.1, 0.15) is 64.5 Å². The molecule has 0 aromatic heterocycles. The molecule has 1 N–H and O–H groups in total. The Kier molecular flexibility index (Phi) is 11.5. The Balaban J connectivity index is 1.43. The Labute approximate surface area is 306 Å². The fraction of sp³-hybridized carbons (Fsp3) is 0.512. The zero-order valence-corrected chi connectivity index (χ0v) is 30.7. The molecule has 6 rings (SSSR count). The predicted octanol–water partition coefficient (Wildman–Crippen LogP) is 4.66. The molecule has 0 radical (unpaired) electrons. The number of benzene rings is 2. The molecule has 0 aliphatic carbocycles. The number of likely N-dealkylation sites (tertiary alicyclic amines) is 1. The molecule has 0 saturated carbocycles. The molecule has 2 aromatic rings. The molecule has 4 aliphatic rings. The zero-order valence-electron chi connectivity index (χ0n) is 30.7. The first kappa shape index (κ1) is 37.3. The first-order valence-electron chi connectivity index (χ1n) is 18.8. The van der Waals surface area contributed by atoms with Crippen molar-refractivity contribution in [1.82, 2.24) is 9.80 Å². The third-order valence-electron chi connectivity index (χ3n) is 11.3. The molecule has 2 saturated heterocycles. The van der Waals surface area contributed by atoms with E-state index in [1.165, 1.54) is 0 Å². The summed E-state index contributed by atoms with van der Waals surface area (Å²) in [6.45, 7) is 8.26. The molecule has 3 amide bonds. The van der Waals surface area contributed by atoms with E-state index in [4.69, 9.17) is 9.47 Å². The fourth-order valence-corrected chi connectivity index (χ4v) is 8.33. The number of carbonyl (C=O) groups excluding carboxylic acids is 4. The molecular formula is C41H52N4O7. The van der Waals surface area contributed by atoms with Crippen molar-refractivity contribution in [3.8, 4) is 0 Å². The number of amides is 3. The van der Waals surface area contributed by atoms with Crippen molar-refractivity contribution in [2.45, 2.75) is 82.8 Å². The van der Waals surface area contributed by atoms with E-state index in [1.54, 1.807) is 27.8 Å². The fourth-order valence-electron chi connectivity index (χ4n) is 8.33. The smallest absolute Gasteiger partial charge is 0.313 e. The van der Waals surface area contributed by atoms with Crippen LogP contribution in [0.25, 0.3) is 0 Å². The summed E-state index contributed by atoms with van der Waals surface area (Å²) in [6, 6.07) is 15.6. The third-order valence-corrected chi connectivity index (χ3v) is 11.3. The van der Waals surface area contributed by atoms with E-state index in [9.17, 15) is 19.5 Å². The highest BCUT2D eigenvalue weighted by molar-refractivity contribution is 6.05. The van der Waals surface area contributed by atoms with Gasteiger partial charge < -0.3 is 34.2 Å². The Bertz CT molecular complexity index is 1660. The standard InChI is InChI=1S/C41H52N4O7/c1-5-43(6-2)30-19-21-31(22-20-30)44-25-13-8-12-18-33(47)42(4)28(3)36(29-16-10-7-11-17-29)51-40(50)34-32-23-24-41(52-32)35(34)38(48)45(37(41)39(44)49)26-14-9-15-27-46/h7-8,10-11,13,16-17,19-24,28,32,34-37,46H,5-6,9,12,14-15,18,25-27H2,1-4H3/b13-8-/t28-,32+,34-,35-,36+,37+,41-/m1/s1. The van der Waals surface area contributed by atoms with Crippen LogP contribution in [0.4, 0.5) is 11.4 Å². The van der Waals surface area contributed by atoms with Crippen LogP contribution in [-0.2, 0) is 28.7 Å². The van der Waals surface area contributed by atoms with Crippen LogP contribution in [-0.4, -0.2) is 102 Å². The summed E-state index contributed by atoms with van der Waals surface area (Å²) in [7, 11) is 1.72. The summed E-state index contributed by atoms with van der Waals surface area (Å²) in [6.07, 6.45) is 8.39. The maximum atomic E-state index is 15.1. The van der Waals surface area contributed by atoms with Crippen molar-refractivity contribution in [1.29, 1.82) is 0 Å². The number of aliphatic hydroxyl groups excluding tert-OH is 1. The van der Waals surface area contributed by atoms with Gasteiger partial charge in [-0.05, 0) is 76.3 Å². The van der Waals surface area contributed by atoms with Crippen LogP contribution in [0, 0.1) is 11.8 Å². The third kappa shape index (κ3) is 6.88. The Morgan fingerprint density at radius 1 is 0.923 bits per heavy atom. The quantitative estimate of drug-likeness (QED) is 0.215. The maximum absolute atomic E-state index is 15.1. The number of allylic oxidation sites excluding steroid dienone is 1. The minimum absolute atomic E-state index is 0.0374. The minimum atomic E-state index is -1.36. The topological polar surface area (TPSA) is 120 Å². The number of unbranched alkanes of at least 4 members (excludes halogenated alkanes) is 2. The number of fused-ring (bicyclic) bond motifs is 2. The number of hydrogen-bond donors (Lipinski definition) is 1. The summed E-state index contributed by atoms with van der Waals surface area (Å²) < 4.78 is 13.0. The van der Waals surface area contributed by atoms with Crippen LogP contribution in [0.15, 0.2) is 78.9 Å². The van der Waals surface area contributed by atoms with E-state index >= 15 is 4.79 Å². The summed E-state index contributed by atoms with van der Waals surface area (Å²) in [5.74, 6) is -3.28. The van der Waals surface area contributed by atoms with Crippen LogP contribution in [0.3, 0.4) is 0 Å². The maximum Gasteiger partial charge on any atom is 0.313 e. The number of aliphatic hydroxyl groups is 1. The average molecular weight is 713 g/mol. The summed E-state index contributed by atoms with van der Waals surface area (Å²) >= 11 is 0. The predicted molar refractivity (Wildman–Crippen MR) is 198 cm³/mol. The van der Waals surface area contributed by atoms with Gasteiger partial charge in [-0.2, -0.15) is 0 Å². The highest BCUT2D eigenvalue weighted by Crippen LogP contribution is 2.56. The molecule has 11 nitrogen and oxygen atoms in total. The van der Waals surface area contributed by atoms with E-state index < -0.39 is 47.7 Å². The second-order valence-electron chi connectivity index (χ2n) is 14.2. The van der Waals surface area contributed by atoms with Crippen molar-refractivity contribution < 1.29 is 33.8 Å². The first-order chi connectivity index (χ1) is 25.2. The van der Waals surface area contributed by atoms with E-state index in [1.807, 2.05) is 79.7 Å². The first-order valence-corrected chi connectivity index (χ1v) is 18.8. The highest BCUT2D eigenvalue weighted by Gasteiger charge is 2.73. The molecule has 1 spiro atoms. The van der Waals surface area contributed by atoms with Crippen molar-refractivity contribution in [3.63, 3.8) is 0 Å². The van der Waals surface area contributed by atoms with Crippen LogP contribution >= 0.6 is 0 Å². The Morgan fingerprint density at radius 3 is 2.35 bits per heavy atom. The molecule has 5 bridgehead atoms. The monoisotopic (exact) mass is 712 g/mol. The molecular weight excluding hydrogens is 660 g/mol. The lowest BCUT2D eigenvalue weighted by Crippen LogP contribution is -2.56. The van der Waals surface area contributed by atoms with Gasteiger partial charge >= 0.3 is 5.97 Å². The molecule has 7 atom stereocenters. The zero-order chi connectivity index (χ0) is 37.0. The molecule has 278 valence electrons. The van der Waals surface area contributed by atoms with Gasteiger partial charge in [-0.25, -0.2) is 0 Å². The van der Waals surface area contributed by atoms with Crippen molar-refractivity contribution in [2.24, 2.45) is 11.8 Å². The van der Waals surface area contributed by atoms with Crippen molar-refractivity contribution >= 4 is 35.1 Å². The number of nitrogens with zero attached hydrogens (tertiary/aromatic N) is 4. The Hall–Kier alpha value is -4.48. The van der Waals surface area contributed by atoms with Gasteiger partial charge in [0, 0.05) is 57.6 Å². The van der Waals surface area contributed by atoms with E-state index in [2.05, 4.69) is 18.7 Å². The highest BCUT2D eigenvalue weighted by atomic mass is 16.6. The van der Waals surface area contributed by atoms with E-state index in [0.717, 1.165) is 24.3 Å². The number of cyclic esters (lactones) is 1. The van der Waals surface area contributed by atoms with Gasteiger partial charge in [-0.1, -0.05) is 54.6 Å². The van der Waals surface area contributed by atoms with Gasteiger partial charge in [0.2, 0.25) is 11.8 Å². The number of ether oxygens (including phenoxy) is 2. The van der Waals surface area contributed by atoms with Crippen LogP contribution < -0.4 is 9.80 Å². The molecule has 11 heteroatoms. The van der Waals surface area contributed by atoms with Crippen molar-refractivity contribution in [2.75, 3.05) is 49.6 Å². The summed E-state index contributed by atoms with van der Waals surface area (Å²) in [5.41, 5.74) is 1.07. The van der Waals surface area contributed by atoms with Crippen LogP contribution in [0.2, 0.25) is 0 Å². The molecule has 4 heterocycles. The van der Waals surface area contributed by atoms with Gasteiger partial charge in [-0.15, -0.1) is 0 Å². The van der Waals surface area contributed by atoms with Crippen molar-refractivity contribution in [3.05, 3.63) is 84.5 Å². The molecule has 0 unspecified atom stereocenters. The van der Waals surface area contributed by atoms with Gasteiger partial charge in [-0.3, -0.25) is 19.2 Å². The molecule has 2 aromatic carbocycles. The number of rotatable bonds is 10. The summed E-state index contributed by atoms with van der Waals surface area (Å²) in [4.78, 5) is 64.7. The second kappa shape index (κ2) is 16.0.